The molecule has 3 heteroatoms. The van der Waals surface area contributed by atoms with Crippen molar-refractivity contribution in [3.05, 3.63) is 34.9 Å². The number of alkyl halides is 1. The Bertz CT molecular complexity index is 530. The first kappa shape index (κ1) is 19.0. The second kappa shape index (κ2) is 7.25. The average molecular weight is 383 g/mol. The number of rotatable bonds is 3. The highest BCUT2D eigenvalue weighted by Crippen LogP contribution is 2.41. The molecule has 2 nitrogen and oxygen atoms in total. The van der Waals surface area contributed by atoms with Gasteiger partial charge in [-0.15, -0.1) is 0 Å². The van der Waals surface area contributed by atoms with Crippen LogP contribution in [0.15, 0.2) is 34.9 Å². The molecule has 0 radical (unpaired) electrons. The first-order chi connectivity index (χ1) is 10.6. The molecule has 0 aliphatic heterocycles. The Kier molecular flexibility index (Phi) is 5.97. The van der Waals surface area contributed by atoms with Crippen molar-refractivity contribution in [3.63, 3.8) is 0 Å². The molecule has 1 fully saturated rings. The number of aliphatic hydroxyl groups is 2. The van der Waals surface area contributed by atoms with E-state index in [2.05, 4.69) is 43.3 Å². The summed E-state index contributed by atoms with van der Waals surface area (Å²) in [4.78, 5) is 0.114. The van der Waals surface area contributed by atoms with Crippen molar-refractivity contribution in [3.8, 4) is 0 Å². The molecule has 0 saturated heterocycles. The van der Waals surface area contributed by atoms with Crippen LogP contribution in [0.5, 0.6) is 0 Å². The summed E-state index contributed by atoms with van der Waals surface area (Å²) in [7, 11) is 0. The molecule has 2 rings (SSSR count). The Balaban J connectivity index is 2.11. The van der Waals surface area contributed by atoms with E-state index in [1.165, 1.54) is 16.7 Å². The molecule has 0 amide bonds. The summed E-state index contributed by atoms with van der Waals surface area (Å²) in [6, 6.07) is 0. The van der Waals surface area contributed by atoms with Gasteiger partial charge >= 0.3 is 0 Å². The molecule has 0 aromatic heterocycles. The van der Waals surface area contributed by atoms with Crippen molar-refractivity contribution in [2.45, 2.75) is 76.3 Å². The molecule has 0 heterocycles. The van der Waals surface area contributed by atoms with Crippen molar-refractivity contribution in [1.29, 1.82) is 0 Å². The fourth-order valence-electron chi connectivity index (χ4n) is 3.93. The largest absolute Gasteiger partial charge is 0.389 e. The highest BCUT2D eigenvalue weighted by molar-refractivity contribution is 9.09. The van der Waals surface area contributed by atoms with Gasteiger partial charge in [-0.3, -0.25) is 0 Å². The number of allylic oxidation sites excluding steroid dienone is 2. The molecule has 0 aromatic carbocycles. The average Bonchev–Trinajstić information content (AvgIpc) is 2.46. The van der Waals surface area contributed by atoms with Crippen LogP contribution in [0.25, 0.3) is 0 Å². The summed E-state index contributed by atoms with van der Waals surface area (Å²) in [5.41, 5.74) is 4.43. The molecule has 0 aromatic rings. The van der Waals surface area contributed by atoms with Gasteiger partial charge in [-0.05, 0) is 65.7 Å². The Morgan fingerprint density at radius 2 is 2.04 bits per heavy atom. The van der Waals surface area contributed by atoms with Crippen molar-refractivity contribution in [2.75, 3.05) is 0 Å². The second-order valence-electron chi connectivity index (χ2n) is 7.80. The molecule has 2 aliphatic rings. The van der Waals surface area contributed by atoms with E-state index < -0.39 is 11.7 Å². The van der Waals surface area contributed by atoms with Crippen LogP contribution < -0.4 is 0 Å². The van der Waals surface area contributed by atoms with E-state index in [0.29, 0.717) is 5.92 Å². The minimum atomic E-state index is -0.622. The van der Waals surface area contributed by atoms with Crippen LogP contribution in [-0.2, 0) is 0 Å². The summed E-state index contributed by atoms with van der Waals surface area (Å²) >= 11 is 3.63. The first-order valence-electron chi connectivity index (χ1n) is 8.70. The van der Waals surface area contributed by atoms with Gasteiger partial charge < -0.3 is 10.2 Å². The van der Waals surface area contributed by atoms with Gasteiger partial charge in [0.15, 0.2) is 0 Å². The summed E-state index contributed by atoms with van der Waals surface area (Å²) in [5, 5.41) is 21.1. The maximum atomic E-state index is 10.8. The molecule has 0 spiro atoms. The molecule has 1 saturated carbocycles. The van der Waals surface area contributed by atoms with Crippen molar-refractivity contribution in [2.24, 2.45) is 11.8 Å². The number of halogens is 1. The zero-order valence-electron chi connectivity index (χ0n) is 14.9. The van der Waals surface area contributed by atoms with E-state index in [-0.39, 0.29) is 10.7 Å². The molecule has 0 bridgehead atoms. The van der Waals surface area contributed by atoms with Crippen LogP contribution in [0.1, 0.15) is 59.8 Å². The summed E-state index contributed by atoms with van der Waals surface area (Å²) < 4.78 is 0. The van der Waals surface area contributed by atoms with Crippen molar-refractivity contribution in [1.82, 2.24) is 0 Å². The first-order valence-corrected chi connectivity index (χ1v) is 9.61. The predicted octanol–water partition coefficient (Wildman–Crippen LogP) is 4.91. The lowest BCUT2D eigenvalue weighted by Gasteiger charge is -2.38. The molecule has 23 heavy (non-hydrogen) atoms. The topological polar surface area (TPSA) is 40.5 Å². The van der Waals surface area contributed by atoms with Gasteiger partial charge in [-0.25, -0.2) is 0 Å². The van der Waals surface area contributed by atoms with Gasteiger partial charge in [-0.2, -0.15) is 0 Å². The van der Waals surface area contributed by atoms with Crippen LogP contribution in [0.2, 0.25) is 0 Å². The summed E-state index contributed by atoms with van der Waals surface area (Å²) in [6.07, 6.45) is 6.28. The van der Waals surface area contributed by atoms with Crippen molar-refractivity contribution < 1.29 is 10.2 Å². The van der Waals surface area contributed by atoms with Gasteiger partial charge in [0, 0.05) is 10.7 Å². The van der Waals surface area contributed by atoms with E-state index in [1.54, 1.807) is 0 Å². The Morgan fingerprint density at radius 3 is 2.65 bits per heavy atom. The number of hydrogen-bond acceptors (Lipinski definition) is 2. The highest BCUT2D eigenvalue weighted by atomic mass is 79.9. The third kappa shape index (κ3) is 4.18. The van der Waals surface area contributed by atoms with Crippen LogP contribution in [0.4, 0.5) is 0 Å². The molecular formula is C20H31BrO2. The standard InChI is InChI=1S/C20H31BrO2/c1-12-6-7-13(2)19(15(12)4)17(22)10-14(3)16-8-9-20(5,23)18(21)11-16/h10,16-19,22-23H,2,6-9,11H2,1,3-5H3/b14-10+/t16-,17+,18-,19+,20+/m0/s1. The molecular weight excluding hydrogens is 352 g/mol. The maximum absolute atomic E-state index is 10.8. The van der Waals surface area contributed by atoms with E-state index in [9.17, 15) is 10.2 Å². The quantitative estimate of drug-likeness (QED) is 0.537. The number of hydrogen-bond donors (Lipinski definition) is 2. The summed E-state index contributed by atoms with van der Waals surface area (Å²) in [5.74, 6) is 0.488. The third-order valence-corrected chi connectivity index (χ3v) is 7.35. The summed E-state index contributed by atoms with van der Waals surface area (Å²) in [6.45, 7) is 12.5. The number of aliphatic hydroxyl groups excluding tert-OH is 1. The minimum Gasteiger partial charge on any atom is -0.389 e. The molecule has 2 aliphatic carbocycles. The van der Waals surface area contributed by atoms with Gasteiger partial charge in [-0.1, -0.05) is 50.9 Å². The minimum absolute atomic E-state index is 0.0603. The Hall–Kier alpha value is -0.380. The van der Waals surface area contributed by atoms with Gasteiger partial charge in [0.2, 0.25) is 0 Å². The van der Waals surface area contributed by atoms with E-state index in [0.717, 1.165) is 37.7 Å². The van der Waals surface area contributed by atoms with E-state index in [4.69, 9.17) is 0 Å². The van der Waals surface area contributed by atoms with E-state index in [1.807, 2.05) is 13.0 Å². The van der Waals surface area contributed by atoms with Gasteiger partial charge in [0.1, 0.15) is 0 Å². The smallest absolute Gasteiger partial charge is 0.0825 e. The SMILES string of the molecule is C=C1CCC(C)=C(C)[C@@H]1[C@H](O)/C=C(\C)[C@H]1CC[C@@](C)(O)[C@@H](Br)C1. The molecule has 5 atom stereocenters. The van der Waals surface area contributed by atoms with Crippen molar-refractivity contribution >= 4 is 15.9 Å². The lowest BCUT2D eigenvalue weighted by atomic mass is 9.74. The predicted molar refractivity (Wildman–Crippen MR) is 101 cm³/mol. The zero-order valence-corrected chi connectivity index (χ0v) is 16.5. The normalized spacial score (nSPS) is 38.0. The van der Waals surface area contributed by atoms with Gasteiger partial charge in [0.25, 0.3) is 0 Å². The lowest BCUT2D eigenvalue weighted by molar-refractivity contribution is 0.0213. The van der Waals surface area contributed by atoms with Crippen LogP contribution in [0, 0.1) is 11.8 Å². The van der Waals surface area contributed by atoms with Crippen LogP contribution in [0.3, 0.4) is 0 Å². The molecule has 130 valence electrons. The zero-order chi connectivity index (χ0) is 17.4. The highest BCUT2D eigenvalue weighted by Gasteiger charge is 2.37. The lowest BCUT2D eigenvalue weighted by Crippen LogP contribution is -2.41. The fourth-order valence-corrected chi connectivity index (χ4v) is 4.61. The third-order valence-electron chi connectivity index (χ3n) is 5.98. The second-order valence-corrected chi connectivity index (χ2v) is 8.90. The fraction of sp³-hybridized carbons (Fsp3) is 0.700. The maximum Gasteiger partial charge on any atom is 0.0825 e. The monoisotopic (exact) mass is 382 g/mol. The van der Waals surface area contributed by atoms with E-state index >= 15 is 0 Å². The van der Waals surface area contributed by atoms with Gasteiger partial charge in [0.05, 0.1) is 11.7 Å². The molecule has 2 N–H and O–H groups in total. The molecule has 0 unspecified atom stereocenters. The Labute approximate surface area is 149 Å². The van der Waals surface area contributed by atoms with Crippen LogP contribution in [-0.4, -0.2) is 26.7 Å². The van der Waals surface area contributed by atoms with Crippen LogP contribution >= 0.6 is 15.9 Å². The Morgan fingerprint density at radius 1 is 1.39 bits per heavy atom.